The molecule has 0 spiro atoms. The highest BCUT2D eigenvalue weighted by Crippen LogP contribution is 2.00. The number of likely N-dealkylation sites (N-methyl/N-ethyl adjacent to an activating group) is 1. The van der Waals surface area contributed by atoms with Crippen LogP contribution in [0.3, 0.4) is 0 Å². The van der Waals surface area contributed by atoms with E-state index in [4.69, 9.17) is 11.1 Å². The summed E-state index contributed by atoms with van der Waals surface area (Å²) in [4.78, 5) is 2.30. The average Bonchev–Trinajstić information content (AvgIpc) is 2.64. The smallest absolute Gasteiger partial charge is 0.0918 e. The Morgan fingerprint density at radius 1 is 1.56 bits per heavy atom. The quantitative estimate of drug-likeness (QED) is 0.525. The Hall–Kier alpha value is -1.36. The third kappa shape index (κ3) is 4.44. The van der Waals surface area contributed by atoms with E-state index < -0.39 is 0 Å². The van der Waals surface area contributed by atoms with E-state index in [-0.39, 0.29) is 5.84 Å². The molecule has 0 unspecified atom stereocenters. The van der Waals surface area contributed by atoms with E-state index in [0.717, 1.165) is 26.1 Å². The zero-order chi connectivity index (χ0) is 12.0. The second kappa shape index (κ2) is 6.27. The van der Waals surface area contributed by atoms with Crippen LogP contribution < -0.4 is 5.73 Å². The molecule has 0 aliphatic heterocycles. The van der Waals surface area contributed by atoms with Gasteiger partial charge in [-0.1, -0.05) is 6.92 Å². The van der Waals surface area contributed by atoms with Crippen molar-refractivity contribution in [1.82, 2.24) is 14.7 Å². The van der Waals surface area contributed by atoms with Crippen LogP contribution in [0.25, 0.3) is 0 Å². The molecule has 0 aliphatic rings. The Morgan fingerprint density at radius 2 is 2.31 bits per heavy atom. The van der Waals surface area contributed by atoms with Crippen LogP contribution in [0.4, 0.5) is 0 Å². The minimum atomic E-state index is 0.264. The van der Waals surface area contributed by atoms with Crippen molar-refractivity contribution in [3.63, 3.8) is 0 Å². The first-order chi connectivity index (χ1) is 7.61. The molecule has 0 aliphatic carbocycles. The van der Waals surface area contributed by atoms with Gasteiger partial charge in [-0.2, -0.15) is 5.10 Å². The van der Waals surface area contributed by atoms with Crippen LogP contribution in [-0.2, 0) is 13.5 Å². The Morgan fingerprint density at radius 3 is 2.81 bits per heavy atom. The van der Waals surface area contributed by atoms with Gasteiger partial charge in [-0.3, -0.25) is 10.1 Å². The van der Waals surface area contributed by atoms with Gasteiger partial charge in [-0.15, -0.1) is 0 Å². The van der Waals surface area contributed by atoms with Gasteiger partial charge in [0.15, 0.2) is 0 Å². The van der Waals surface area contributed by atoms with Gasteiger partial charge in [0.1, 0.15) is 0 Å². The van der Waals surface area contributed by atoms with Gasteiger partial charge in [0, 0.05) is 32.8 Å². The lowest BCUT2D eigenvalue weighted by Gasteiger charge is -2.19. The van der Waals surface area contributed by atoms with E-state index >= 15 is 0 Å². The highest BCUT2D eigenvalue weighted by Gasteiger charge is 2.04. The fourth-order valence-electron chi connectivity index (χ4n) is 1.59. The Labute approximate surface area is 96.7 Å². The number of amidine groups is 1. The molecule has 1 rings (SSSR count). The predicted octanol–water partition coefficient (Wildman–Crippen LogP) is 0.611. The molecule has 5 nitrogen and oxygen atoms in total. The van der Waals surface area contributed by atoms with Crippen LogP contribution in [0.5, 0.6) is 0 Å². The fraction of sp³-hybridized carbons (Fsp3) is 0.636. The third-order valence-corrected chi connectivity index (χ3v) is 2.62. The van der Waals surface area contributed by atoms with Gasteiger partial charge < -0.3 is 10.6 Å². The van der Waals surface area contributed by atoms with Gasteiger partial charge in [0.25, 0.3) is 0 Å². The van der Waals surface area contributed by atoms with Crippen molar-refractivity contribution in [2.45, 2.75) is 19.8 Å². The predicted molar refractivity (Wildman–Crippen MR) is 65.6 cm³/mol. The van der Waals surface area contributed by atoms with Crippen molar-refractivity contribution in [1.29, 1.82) is 5.41 Å². The standard InChI is InChI=1S/C11H21N5/c1-3-16(7-5-11(12)13)6-4-10-8-14-15(2)9-10/h8-9H,3-7H2,1-2H3,(H3,12,13). The molecule has 5 heteroatoms. The summed E-state index contributed by atoms with van der Waals surface area (Å²) in [6, 6.07) is 0. The number of hydrogen-bond donors (Lipinski definition) is 2. The van der Waals surface area contributed by atoms with Crippen molar-refractivity contribution in [2.24, 2.45) is 12.8 Å². The summed E-state index contributed by atoms with van der Waals surface area (Å²) < 4.78 is 1.82. The van der Waals surface area contributed by atoms with Gasteiger partial charge in [-0.05, 0) is 18.5 Å². The first-order valence-electron chi connectivity index (χ1n) is 5.64. The van der Waals surface area contributed by atoms with Crippen LogP contribution in [0.1, 0.15) is 18.9 Å². The maximum Gasteiger partial charge on any atom is 0.0918 e. The number of aromatic nitrogens is 2. The maximum atomic E-state index is 7.20. The van der Waals surface area contributed by atoms with Gasteiger partial charge in [0.2, 0.25) is 0 Å². The summed E-state index contributed by atoms with van der Waals surface area (Å²) in [5.74, 6) is 0.264. The van der Waals surface area contributed by atoms with E-state index in [2.05, 4.69) is 16.9 Å². The van der Waals surface area contributed by atoms with Gasteiger partial charge in [-0.25, -0.2) is 0 Å². The summed E-state index contributed by atoms with van der Waals surface area (Å²) in [6.45, 7) is 4.98. The average molecular weight is 223 g/mol. The molecule has 0 saturated carbocycles. The number of nitrogens with two attached hydrogens (primary N) is 1. The molecular formula is C11H21N5. The van der Waals surface area contributed by atoms with Crippen LogP contribution in [0.2, 0.25) is 0 Å². The van der Waals surface area contributed by atoms with Crippen molar-refractivity contribution >= 4 is 5.84 Å². The van der Waals surface area contributed by atoms with Gasteiger partial charge in [0.05, 0.1) is 12.0 Å². The normalized spacial score (nSPS) is 10.9. The van der Waals surface area contributed by atoms with Crippen LogP contribution >= 0.6 is 0 Å². The minimum absolute atomic E-state index is 0.264. The molecule has 1 aromatic heterocycles. The van der Waals surface area contributed by atoms with E-state index in [1.165, 1.54) is 5.56 Å². The minimum Gasteiger partial charge on any atom is -0.388 e. The number of nitrogens with one attached hydrogen (secondary N) is 1. The molecule has 0 bridgehead atoms. The highest BCUT2D eigenvalue weighted by molar-refractivity contribution is 5.76. The lowest BCUT2D eigenvalue weighted by atomic mass is 10.2. The van der Waals surface area contributed by atoms with E-state index in [9.17, 15) is 0 Å². The Bertz CT molecular complexity index is 331. The monoisotopic (exact) mass is 223 g/mol. The SMILES string of the molecule is CCN(CCC(=N)N)CCc1cnn(C)c1. The second-order valence-electron chi connectivity index (χ2n) is 3.98. The first-order valence-corrected chi connectivity index (χ1v) is 5.64. The fourth-order valence-corrected chi connectivity index (χ4v) is 1.59. The number of nitrogens with zero attached hydrogens (tertiary/aromatic N) is 3. The van der Waals surface area contributed by atoms with E-state index in [1.807, 2.05) is 24.1 Å². The summed E-state index contributed by atoms with van der Waals surface area (Å²) in [6.07, 6.45) is 5.60. The molecule has 90 valence electrons. The Balaban J connectivity index is 2.30. The summed E-state index contributed by atoms with van der Waals surface area (Å²) in [7, 11) is 1.93. The molecule has 1 heterocycles. The first kappa shape index (κ1) is 12.7. The van der Waals surface area contributed by atoms with E-state index in [1.54, 1.807) is 0 Å². The molecule has 0 saturated heterocycles. The molecule has 16 heavy (non-hydrogen) atoms. The molecule has 0 fully saturated rings. The Kier molecular flexibility index (Phi) is 4.98. The molecular weight excluding hydrogens is 202 g/mol. The number of aryl methyl sites for hydroxylation is 1. The summed E-state index contributed by atoms with van der Waals surface area (Å²) in [5, 5.41) is 11.3. The number of hydrogen-bond acceptors (Lipinski definition) is 3. The summed E-state index contributed by atoms with van der Waals surface area (Å²) >= 11 is 0. The lowest BCUT2D eigenvalue weighted by molar-refractivity contribution is 0.300. The molecule has 0 aromatic carbocycles. The van der Waals surface area contributed by atoms with Crippen LogP contribution in [-0.4, -0.2) is 40.2 Å². The second-order valence-corrected chi connectivity index (χ2v) is 3.98. The number of rotatable bonds is 7. The zero-order valence-electron chi connectivity index (χ0n) is 10.1. The molecule has 0 atom stereocenters. The maximum absolute atomic E-state index is 7.20. The molecule has 1 aromatic rings. The van der Waals surface area contributed by atoms with Crippen molar-refractivity contribution in [2.75, 3.05) is 19.6 Å². The topological polar surface area (TPSA) is 70.9 Å². The molecule has 0 radical (unpaired) electrons. The van der Waals surface area contributed by atoms with Crippen molar-refractivity contribution < 1.29 is 0 Å². The van der Waals surface area contributed by atoms with E-state index in [0.29, 0.717) is 6.42 Å². The zero-order valence-corrected chi connectivity index (χ0v) is 10.1. The van der Waals surface area contributed by atoms with Crippen molar-refractivity contribution in [3.8, 4) is 0 Å². The summed E-state index contributed by atoms with van der Waals surface area (Å²) in [5.41, 5.74) is 6.60. The van der Waals surface area contributed by atoms with Crippen LogP contribution in [0, 0.1) is 5.41 Å². The molecule has 0 amide bonds. The molecule has 3 N–H and O–H groups in total. The third-order valence-electron chi connectivity index (χ3n) is 2.62. The van der Waals surface area contributed by atoms with Gasteiger partial charge >= 0.3 is 0 Å². The highest BCUT2D eigenvalue weighted by atomic mass is 15.2. The lowest BCUT2D eigenvalue weighted by Crippen LogP contribution is -2.29. The largest absolute Gasteiger partial charge is 0.388 e. The van der Waals surface area contributed by atoms with Crippen molar-refractivity contribution in [3.05, 3.63) is 18.0 Å². The van der Waals surface area contributed by atoms with Crippen LogP contribution in [0.15, 0.2) is 12.4 Å².